The summed E-state index contributed by atoms with van der Waals surface area (Å²) < 4.78 is 1.19. The molecule has 1 N–H and O–H groups in total. The van der Waals surface area contributed by atoms with E-state index in [4.69, 9.17) is 16.6 Å². The lowest BCUT2D eigenvalue weighted by atomic mass is 9.86. The molecule has 1 aliphatic rings. The molecule has 25 heavy (non-hydrogen) atoms. The molecule has 0 atom stereocenters. The van der Waals surface area contributed by atoms with E-state index >= 15 is 0 Å². The highest BCUT2D eigenvalue weighted by Crippen LogP contribution is 2.37. The highest BCUT2D eigenvalue weighted by Gasteiger charge is 2.26. The van der Waals surface area contributed by atoms with Gasteiger partial charge in [0, 0.05) is 34.9 Å². The Labute approximate surface area is 155 Å². The van der Waals surface area contributed by atoms with Crippen LogP contribution in [0.3, 0.4) is 0 Å². The summed E-state index contributed by atoms with van der Waals surface area (Å²) in [6, 6.07) is 9.61. The molecule has 1 saturated carbocycles. The zero-order valence-corrected chi connectivity index (χ0v) is 15.2. The number of amides is 1. The molecule has 1 aromatic carbocycles. The molecule has 4 nitrogen and oxygen atoms in total. The number of thiazole rings is 1. The molecule has 1 aliphatic carbocycles. The van der Waals surface area contributed by atoms with Crippen LogP contribution in [0.1, 0.15) is 47.0 Å². The quantitative estimate of drug-likeness (QED) is 0.719. The van der Waals surface area contributed by atoms with Crippen LogP contribution < -0.4 is 5.32 Å². The van der Waals surface area contributed by atoms with Crippen LogP contribution >= 0.6 is 22.9 Å². The topological polar surface area (TPSA) is 54.9 Å². The van der Waals surface area contributed by atoms with Crippen LogP contribution in [0.2, 0.25) is 5.02 Å². The second-order valence-corrected chi connectivity index (χ2v) is 7.92. The molecule has 0 aliphatic heterocycles. The summed E-state index contributed by atoms with van der Waals surface area (Å²) in [6.45, 7) is 0. The number of carbonyl (C=O) groups excluding carboxylic acids is 1. The summed E-state index contributed by atoms with van der Waals surface area (Å²) >= 11 is 7.81. The maximum atomic E-state index is 12.3. The largest absolute Gasteiger partial charge is 0.349 e. The van der Waals surface area contributed by atoms with Crippen LogP contribution in [0.4, 0.5) is 0 Å². The Hall–Kier alpha value is -1.98. The fourth-order valence-electron chi connectivity index (χ4n) is 3.35. The molecular weight excluding hydrogens is 354 g/mol. The van der Waals surface area contributed by atoms with E-state index < -0.39 is 0 Å². The first-order valence-corrected chi connectivity index (χ1v) is 9.65. The molecule has 6 heteroatoms. The van der Waals surface area contributed by atoms with E-state index in [1.165, 1.54) is 9.71 Å². The molecular formula is C19H18ClN3OS. The summed E-state index contributed by atoms with van der Waals surface area (Å²) in [6.07, 6.45) is 7.36. The summed E-state index contributed by atoms with van der Waals surface area (Å²) in [5.74, 6) is 0.464. The van der Waals surface area contributed by atoms with Crippen molar-refractivity contribution in [1.29, 1.82) is 0 Å². The number of fused-ring (bicyclic) bond motifs is 1. The van der Waals surface area contributed by atoms with E-state index in [1.807, 2.05) is 18.2 Å². The average Bonchev–Trinajstić information content (AvgIpc) is 3.06. The van der Waals surface area contributed by atoms with Crippen LogP contribution in [0.25, 0.3) is 10.2 Å². The first kappa shape index (κ1) is 16.5. The van der Waals surface area contributed by atoms with Gasteiger partial charge >= 0.3 is 0 Å². The van der Waals surface area contributed by atoms with Gasteiger partial charge in [0.15, 0.2) is 0 Å². The van der Waals surface area contributed by atoms with Gasteiger partial charge in [-0.05, 0) is 56.0 Å². The number of carbonyl (C=O) groups is 1. The van der Waals surface area contributed by atoms with E-state index in [-0.39, 0.29) is 11.9 Å². The van der Waals surface area contributed by atoms with Crippen molar-refractivity contribution in [2.24, 2.45) is 0 Å². The van der Waals surface area contributed by atoms with Crippen LogP contribution in [0.15, 0.2) is 42.7 Å². The minimum Gasteiger partial charge on any atom is -0.349 e. The van der Waals surface area contributed by atoms with Crippen molar-refractivity contribution in [2.75, 3.05) is 0 Å². The molecule has 0 spiro atoms. The molecule has 0 unspecified atom stereocenters. The average molecular weight is 372 g/mol. The van der Waals surface area contributed by atoms with Gasteiger partial charge in [-0.1, -0.05) is 11.6 Å². The van der Waals surface area contributed by atoms with Crippen molar-refractivity contribution >= 4 is 39.1 Å². The third-order valence-corrected chi connectivity index (χ3v) is 6.15. The highest BCUT2D eigenvalue weighted by atomic mass is 35.5. The maximum Gasteiger partial charge on any atom is 0.251 e. The third kappa shape index (κ3) is 3.67. The van der Waals surface area contributed by atoms with Crippen LogP contribution in [0.5, 0.6) is 0 Å². The molecule has 2 aromatic heterocycles. The summed E-state index contributed by atoms with van der Waals surface area (Å²) in [4.78, 5) is 21.0. The lowest BCUT2D eigenvalue weighted by Crippen LogP contribution is -2.37. The summed E-state index contributed by atoms with van der Waals surface area (Å²) in [7, 11) is 0. The second-order valence-electron chi connectivity index (χ2n) is 6.42. The lowest BCUT2D eigenvalue weighted by Gasteiger charge is -2.28. The first-order chi connectivity index (χ1) is 12.2. The predicted molar refractivity (Wildman–Crippen MR) is 101 cm³/mol. The zero-order chi connectivity index (χ0) is 17.2. The van der Waals surface area contributed by atoms with Gasteiger partial charge in [0.2, 0.25) is 0 Å². The minimum atomic E-state index is -0.0134. The van der Waals surface area contributed by atoms with Crippen LogP contribution in [-0.2, 0) is 0 Å². The van der Waals surface area contributed by atoms with Gasteiger partial charge in [-0.15, -0.1) is 11.3 Å². The van der Waals surface area contributed by atoms with Gasteiger partial charge < -0.3 is 5.32 Å². The number of halogens is 1. The van der Waals surface area contributed by atoms with Gasteiger partial charge in [0.25, 0.3) is 5.91 Å². The molecule has 1 fully saturated rings. The van der Waals surface area contributed by atoms with Crippen molar-refractivity contribution in [3.8, 4) is 0 Å². The van der Waals surface area contributed by atoms with E-state index in [1.54, 1.807) is 35.9 Å². The fourth-order valence-corrected chi connectivity index (χ4v) is 4.63. The standard InChI is InChI=1S/C19H18ClN3OS/c20-14-3-6-17-16(11-14)23-19(25-17)13-1-4-15(5-2-13)22-18(24)12-7-9-21-10-8-12/h3,6-11,13,15H,1-2,4-5H2,(H,22,24). The van der Waals surface area contributed by atoms with Gasteiger partial charge in [0.1, 0.15) is 0 Å². The van der Waals surface area contributed by atoms with E-state index in [0.29, 0.717) is 11.5 Å². The van der Waals surface area contributed by atoms with Crippen molar-refractivity contribution in [3.05, 3.63) is 58.3 Å². The van der Waals surface area contributed by atoms with Crippen LogP contribution in [0, 0.1) is 0 Å². The molecule has 0 bridgehead atoms. The van der Waals surface area contributed by atoms with Gasteiger partial charge in [-0.25, -0.2) is 4.98 Å². The summed E-state index contributed by atoms with van der Waals surface area (Å²) in [5.41, 5.74) is 1.65. The number of aromatic nitrogens is 2. The maximum absolute atomic E-state index is 12.3. The molecule has 128 valence electrons. The highest BCUT2D eigenvalue weighted by molar-refractivity contribution is 7.18. The van der Waals surface area contributed by atoms with E-state index in [9.17, 15) is 4.79 Å². The number of nitrogens with one attached hydrogen (secondary N) is 1. The van der Waals surface area contributed by atoms with Crippen molar-refractivity contribution in [3.63, 3.8) is 0 Å². The molecule has 3 aromatic rings. The second kappa shape index (κ2) is 7.10. The molecule has 4 rings (SSSR count). The van der Waals surface area contributed by atoms with E-state index in [2.05, 4.69) is 10.3 Å². The SMILES string of the molecule is O=C(NC1CCC(c2nc3cc(Cl)ccc3s2)CC1)c1ccncc1. The van der Waals surface area contributed by atoms with Crippen molar-refractivity contribution in [2.45, 2.75) is 37.6 Å². The van der Waals surface area contributed by atoms with Crippen LogP contribution in [-0.4, -0.2) is 21.9 Å². The Morgan fingerprint density at radius 2 is 1.88 bits per heavy atom. The Bertz CT molecular complexity index is 888. The molecule has 0 radical (unpaired) electrons. The monoisotopic (exact) mass is 371 g/mol. The number of hydrogen-bond donors (Lipinski definition) is 1. The summed E-state index contributed by atoms with van der Waals surface area (Å²) in [5, 5.41) is 5.06. The van der Waals surface area contributed by atoms with Gasteiger partial charge in [-0.2, -0.15) is 0 Å². The number of benzene rings is 1. The third-order valence-electron chi connectivity index (χ3n) is 4.72. The Morgan fingerprint density at radius 1 is 1.12 bits per heavy atom. The number of pyridine rings is 1. The minimum absolute atomic E-state index is 0.0134. The normalized spacial score (nSPS) is 20.5. The van der Waals surface area contributed by atoms with Crippen molar-refractivity contribution in [1.82, 2.24) is 15.3 Å². The smallest absolute Gasteiger partial charge is 0.251 e. The fraction of sp³-hybridized carbons (Fsp3) is 0.316. The zero-order valence-electron chi connectivity index (χ0n) is 13.6. The van der Waals surface area contributed by atoms with Gasteiger partial charge in [-0.3, -0.25) is 9.78 Å². The first-order valence-electron chi connectivity index (χ1n) is 8.46. The predicted octanol–water partition coefficient (Wildman–Crippen LogP) is 4.80. The number of rotatable bonds is 3. The Kier molecular flexibility index (Phi) is 4.68. The van der Waals surface area contributed by atoms with Crippen molar-refractivity contribution < 1.29 is 4.79 Å². The van der Waals surface area contributed by atoms with E-state index in [0.717, 1.165) is 36.2 Å². The molecule has 1 amide bonds. The Morgan fingerprint density at radius 3 is 2.64 bits per heavy atom. The lowest BCUT2D eigenvalue weighted by molar-refractivity contribution is 0.0925. The molecule has 0 saturated heterocycles. The Balaban J connectivity index is 1.38. The number of hydrogen-bond acceptors (Lipinski definition) is 4. The number of nitrogens with zero attached hydrogens (tertiary/aromatic N) is 2. The molecule has 2 heterocycles. The van der Waals surface area contributed by atoms with Gasteiger partial charge in [0.05, 0.1) is 15.2 Å².